The zero-order chi connectivity index (χ0) is 11.9. The second kappa shape index (κ2) is 3.92. The van der Waals surface area contributed by atoms with Crippen LogP contribution in [0.5, 0.6) is 0 Å². The Morgan fingerprint density at radius 3 is 1.47 bits per heavy atom. The SMILES string of the molecule is OC[C@@]1(O)N[C@@](O)(CO)[C@H](O)[C@@H](O)[C@H]1O. The van der Waals surface area contributed by atoms with Gasteiger partial charge in [0, 0.05) is 0 Å². The van der Waals surface area contributed by atoms with Crippen molar-refractivity contribution in [2.24, 2.45) is 0 Å². The van der Waals surface area contributed by atoms with E-state index in [4.69, 9.17) is 10.2 Å². The molecule has 0 unspecified atom stereocenters. The van der Waals surface area contributed by atoms with Crippen LogP contribution in [0.25, 0.3) is 0 Å². The topological polar surface area (TPSA) is 154 Å². The second-order valence-electron chi connectivity index (χ2n) is 3.67. The maximum atomic E-state index is 9.55. The van der Waals surface area contributed by atoms with E-state index in [-0.39, 0.29) is 0 Å². The Hall–Kier alpha value is -0.320. The molecule has 8 N–H and O–H groups in total. The molecule has 8 heteroatoms. The monoisotopic (exact) mass is 225 g/mol. The van der Waals surface area contributed by atoms with Gasteiger partial charge in [-0.25, -0.2) is 0 Å². The summed E-state index contributed by atoms with van der Waals surface area (Å²) in [6.45, 7) is -2.03. The summed E-state index contributed by atoms with van der Waals surface area (Å²) < 4.78 is 0. The molecule has 0 bridgehead atoms. The molecule has 0 aromatic carbocycles. The van der Waals surface area contributed by atoms with E-state index >= 15 is 0 Å². The van der Waals surface area contributed by atoms with Gasteiger partial charge in [0.15, 0.2) is 11.4 Å². The first-order valence-electron chi connectivity index (χ1n) is 4.31. The van der Waals surface area contributed by atoms with Crippen molar-refractivity contribution in [3.63, 3.8) is 0 Å². The van der Waals surface area contributed by atoms with Gasteiger partial charge in [-0.1, -0.05) is 0 Å². The van der Waals surface area contributed by atoms with Crippen LogP contribution in [-0.2, 0) is 0 Å². The molecule has 1 fully saturated rings. The Bertz CT molecular complexity index is 217. The molecule has 0 spiro atoms. The summed E-state index contributed by atoms with van der Waals surface area (Å²) in [6.07, 6.45) is -5.70. The Balaban J connectivity index is 3.00. The summed E-state index contributed by atoms with van der Waals surface area (Å²) in [5.41, 5.74) is -4.79. The van der Waals surface area contributed by atoms with Gasteiger partial charge in [-0.15, -0.1) is 0 Å². The molecule has 15 heavy (non-hydrogen) atoms. The first-order chi connectivity index (χ1) is 6.80. The third-order valence-electron chi connectivity index (χ3n) is 2.54. The van der Waals surface area contributed by atoms with Gasteiger partial charge >= 0.3 is 0 Å². The molecule has 1 heterocycles. The zero-order valence-electron chi connectivity index (χ0n) is 7.78. The van der Waals surface area contributed by atoms with Gasteiger partial charge < -0.3 is 35.7 Å². The Morgan fingerprint density at radius 2 is 1.20 bits per heavy atom. The molecule has 0 saturated carbocycles. The van der Waals surface area contributed by atoms with Crippen LogP contribution in [0.3, 0.4) is 0 Å². The second-order valence-corrected chi connectivity index (χ2v) is 3.67. The quantitative estimate of drug-likeness (QED) is 0.232. The van der Waals surface area contributed by atoms with Crippen molar-refractivity contribution >= 4 is 0 Å². The molecule has 90 valence electrons. The van der Waals surface area contributed by atoms with Gasteiger partial charge in [-0.05, 0) is 0 Å². The van der Waals surface area contributed by atoms with Gasteiger partial charge in [0.1, 0.15) is 18.3 Å². The molecule has 1 rings (SSSR count). The van der Waals surface area contributed by atoms with Gasteiger partial charge in [0.05, 0.1) is 13.2 Å². The van der Waals surface area contributed by atoms with E-state index in [1.54, 1.807) is 0 Å². The molecule has 0 amide bonds. The van der Waals surface area contributed by atoms with E-state index in [1.807, 2.05) is 5.32 Å². The summed E-state index contributed by atoms with van der Waals surface area (Å²) >= 11 is 0. The van der Waals surface area contributed by atoms with Crippen LogP contribution in [-0.4, -0.2) is 78.7 Å². The lowest BCUT2D eigenvalue weighted by Crippen LogP contribution is -2.80. The van der Waals surface area contributed by atoms with Crippen LogP contribution in [0.1, 0.15) is 0 Å². The minimum atomic E-state index is -2.39. The molecule has 8 nitrogen and oxygen atoms in total. The standard InChI is InChI=1S/C7H15NO7/c9-1-6(14)4(12)3(11)5(13)7(15,2-10)8-6/h3-5,8-15H,1-2H2/t3-,4-,5-,6-,7+/m1/s1. The van der Waals surface area contributed by atoms with E-state index in [0.29, 0.717) is 0 Å². The van der Waals surface area contributed by atoms with Crippen molar-refractivity contribution in [1.82, 2.24) is 5.32 Å². The maximum Gasteiger partial charge on any atom is 0.170 e. The predicted octanol–water partition coefficient (Wildman–Crippen LogP) is -4.97. The number of aliphatic hydroxyl groups is 7. The van der Waals surface area contributed by atoms with Gasteiger partial charge in [-0.3, -0.25) is 5.32 Å². The van der Waals surface area contributed by atoms with Gasteiger partial charge in [0.2, 0.25) is 0 Å². The molecule has 5 atom stereocenters. The Labute approximate surface area is 85.0 Å². The first kappa shape index (κ1) is 12.7. The lowest BCUT2D eigenvalue weighted by Gasteiger charge is -2.49. The number of hydrogen-bond acceptors (Lipinski definition) is 8. The molecule has 1 saturated heterocycles. The van der Waals surface area contributed by atoms with Crippen molar-refractivity contribution in [2.75, 3.05) is 13.2 Å². The van der Waals surface area contributed by atoms with Crippen molar-refractivity contribution in [3.8, 4) is 0 Å². The number of aliphatic hydroxyl groups excluding tert-OH is 5. The van der Waals surface area contributed by atoms with E-state index < -0.39 is 43.0 Å². The highest BCUT2D eigenvalue weighted by atomic mass is 16.4. The third-order valence-corrected chi connectivity index (χ3v) is 2.54. The number of hydrogen-bond donors (Lipinski definition) is 8. The predicted molar refractivity (Wildman–Crippen MR) is 45.2 cm³/mol. The largest absolute Gasteiger partial charge is 0.392 e. The van der Waals surface area contributed by atoms with Crippen molar-refractivity contribution < 1.29 is 35.7 Å². The van der Waals surface area contributed by atoms with Crippen LogP contribution >= 0.6 is 0 Å². The van der Waals surface area contributed by atoms with Crippen molar-refractivity contribution in [2.45, 2.75) is 29.8 Å². The van der Waals surface area contributed by atoms with E-state index in [0.717, 1.165) is 0 Å². The van der Waals surface area contributed by atoms with Crippen LogP contribution < -0.4 is 5.32 Å². The van der Waals surface area contributed by atoms with E-state index in [9.17, 15) is 25.5 Å². The summed E-state index contributed by atoms with van der Waals surface area (Å²) in [4.78, 5) is 0. The zero-order valence-corrected chi connectivity index (χ0v) is 7.78. The summed E-state index contributed by atoms with van der Waals surface area (Å²) in [7, 11) is 0. The number of nitrogens with one attached hydrogen (secondary N) is 1. The van der Waals surface area contributed by atoms with Gasteiger partial charge in [-0.2, -0.15) is 0 Å². The highest BCUT2D eigenvalue weighted by molar-refractivity contribution is 5.05. The highest BCUT2D eigenvalue weighted by Gasteiger charge is 2.57. The van der Waals surface area contributed by atoms with Crippen LogP contribution in [0.15, 0.2) is 0 Å². The molecule has 0 radical (unpaired) electrons. The fraction of sp³-hybridized carbons (Fsp3) is 1.00. The van der Waals surface area contributed by atoms with Crippen molar-refractivity contribution in [3.05, 3.63) is 0 Å². The van der Waals surface area contributed by atoms with Crippen LogP contribution in [0, 0.1) is 0 Å². The normalized spacial score (nSPS) is 51.8. The molecular weight excluding hydrogens is 210 g/mol. The van der Waals surface area contributed by atoms with Crippen LogP contribution in [0.4, 0.5) is 0 Å². The third kappa shape index (κ3) is 1.86. The fourth-order valence-corrected chi connectivity index (χ4v) is 1.53. The van der Waals surface area contributed by atoms with Crippen molar-refractivity contribution in [1.29, 1.82) is 0 Å². The minimum Gasteiger partial charge on any atom is -0.392 e. The summed E-state index contributed by atoms with van der Waals surface area (Å²) in [5.74, 6) is 0. The molecule has 1 aliphatic heterocycles. The minimum absolute atomic E-state index is 1.01. The lowest BCUT2D eigenvalue weighted by molar-refractivity contribution is -0.289. The first-order valence-corrected chi connectivity index (χ1v) is 4.31. The summed E-state index contributed by atoms with van der Waals surface area (Å²) in [6, 6.07) is 0. The fourth-order valence-electron chi connectivity index (χ4n) is 1.53. The molecule has 0 aliphatic carbocycles. The smallest absolute Gasteiger partial charge is 0.170 e. The Morgan fingerprint density at radius 1 is 0.867 bits per heavy atom. The lowest BCUT2D eigenvalue weighted by atomic mass is 9.86. The summed E-state index contributed by atoms with van der Waals surface area (Å²) in [5, 5.41) is 66.5. The van der Waals surface area contributed by atoms with E-state index in [2.05, 4.69) is 0 Å². The highest BCUT2D eigenvalue weighted by Crippen LogP contribution is 2.26. The molecular formula is C7H15NO7. The molecule has 0 aromatic rings. The van der Waals surface area contributed by atoms with E-state index in [1.165, 1.54) is 0 Å². The van der Waals surface area contributed by atoms with Crippen LogP contribution in [0.2, 0.25) is 0 Å². The Kier molecular flexibility index (Phi) is 3.33. The molecule has 0 aromatic heterocycles. The number of piperidine rings is 1. The average Bonchev–Trinajstić information content (AvgIpc) is 2.23. The molecule has 1 aliphatic rings. The average molecular weight is 225 g/mol. The maximum absolute atomic E-state index is 9.55. The number of rotatable bonds is 2. The van der Waals surface area contributed by atoms with Gasteiger partial charge in [0.25, 0.3) is 0 Å².